The largest absolute Gasteiger partial charge is 0.525 e. The second-order valence-electron chi connectivity index (χ2n) is 7.69. The van der Waals surface area contributed by atoms with E-state index >= 15 is 4.39 Å². The van der Waals surface area contributed by atoms with Gasteiger partial charge in [0.05, 0.1) is 23.9 Å². The highest BCUT2D eigenvalue weighted by molar-refractivity contribution is 6.55. The van der Waals surface area contributed by atoms with Crippen molar-refractivity contribution in [2.45, 2.75) is 65.3 Å². The lowest BCUT2D eigenvalue weighted by molar-refractivity contribution is 0.00578. The Kier molecular flexibility index (Phi) is 6.26. The first-order valence-corrected chi connectivity index (χ1v) is 8.76. The fraction of sp³-hybridized carbons (Fsp3) is 0.579. The van der Waals surface area contributed by atoms with Crippen LogP contribution in [0.3, 0.4) is 0 Å². The van der Waals surface area contributed by atoms with Crippen LogP contribution in [-0.2, 0) is 14.0 Å². The van der Waals surface area contributed by atoms with Crippen LogP contribution in [-0.4, -0.2) is 31.0 Å². The van der Waals surface area contributed by atoms with Gasteiger partial charge in [0.1, 0.15) is 5.73 Å². The smallest absolute Gasteiger partial charge is 0.398 e. The van der Waals surface area contributed by atoms with Crippen molar-refractivity contribution in [1.29, 1.82) is 0 Å². The molecule has 0 aliphatic carbocycles. The topological polar surface area (TPSA) is 27.7 Å². The fourth-order valence-corrected chi connectivity index (χ4v) is 2.61. The summed E-state index contributed by atoms with van der Waals surface area (Å²) in [6.45, 7) is 11.0. The van der Waals surface area contributed by atoms with Crippen LogP contribution in [0.2, 0.25) is 0 Å². The molecular formula is C19H26BF3O3. The van der Waals surface area contributed by atoms with Crippen LogP contribution in [0.15, 0.2) is 23.9 Å². The monoisotopic (exact) mass is 370 g/mol. The Morgan fingerprint density at radius 3 is 2.23 bits per heavy atom. The summed E-state index contributed by atoms with van der Waals surface area (Å²) in [5, 5.41) is 0. The molecule has 1 aliphatic heterocycles. The zero-order valence-corrected chi connectivity index (χ0v) is 16.2. The lowest BCUT2D eigenvalue weighted by atomic mass is 9.81. The fourth-order valence-electron chi connectivity index (χ4n) is 2.61. The van der Waals surface area contributed by atoms with E-state index in [0.717, 1.165) is 6.07 Å². The van der Waals surface area contributed by atoms with E-state index < -0.39 is 35.7 Å². The van der Waals surface area contributed by atoms with E-state index in [4.69, 9.17) is 14.0 Å². The predicted octanol–water partition coefficient (Wildman–Crippen LogP) is 5.09. The van der Waals surface area contributed by atoms with Crippen molar-refractivity contribution in [3.05, 3.63) is 41.1 Å². The summed E-state index contributed by atoms with van der Waals surface area (Å²) in [5.74, 6) is -2.13. The van der Waals surface area contributed by atoms with Crippen molar-refractivity contribution >= 4 is 12.7 Å². The van der Waals surface area contributed by atoms with Gasteiger partial charge < -0.3 is 14.0 Å². The van der Waals surface area contributed by atoms with Crippen LogP contribution < -0.4 is 0 Å². The van der Waals surface area contributed by atoms with Gasteiger partial charge in [-0.05, 0) is 59.6 Å². The maximum Gasteiger partial charge on any atom is 0.525 e. The number of hydrogen-bond donors (Lipinski definition) is 0. The van der Waals surface area contributed by atoms with E-state index in [9.17, 15) is 8.78 Å². The molecule has 0 N–H and O–H groups in total. The molecule has 0 unspecified atom stereocenters. The van der Waals surface area contributed by atoms with Gasteiger partial charge in [-0.15, -0.1) is 0 Å². The molecule has 0 radical (unpaired) electrons. The summed E-state index contributed by atoms with van der Waals surface area (Å²) in [7, 11) is -1.28. The molecule has 1 aromatic carbocycles. The molecule has 3 nitrogen and oxygen atoms in total. The summed E-state index contributed by atoms with van der Waals surface area (Å²) >= 11 is 0. The average molecular weight is 370 g/mol. The molecule has 1 saturated heterocycles. The SMILES string of the molecule is CC(C)OCCC(=C(F)B1OC(C)(C)C(C)(C)O1)c1cccc(F)c1F. The third kappa shape index (κ3) is 4.33. The second-order valence-corrected chi connectivity index (χ2v) is 7.69. The Hall–Kier alpha value is -1.31. The molecule has 2 rings (SSSR count). The Balaban J connectivity index is 2.42. The molecule has 0 atom stereocenters. The molecule has 0 aromatic heterocycles. The summed E-state index contributed by atoms with van der Waals surface area (Å²) in [6.07, 6.45) is 0.00239. The molecule has 1 fully saturated rings. The third-order valence-electron chi connectivity index (χ3n) is 4.83. The van der Waals surface area contributed by atoms with Gasteiger partial charge in [0, 0.05) is 5.56 Å². The number of ether oxygens (including phenoxy) is 1. The average Bonchev–Trinajstić information content (AvgIpc) is 2.74. The summed E-state index contributed by atoms with van der Waals surface area (Å²) in [4.78, 5) is 0. The summed E-state index contributed by atoms with van der Waals surface area (Å²) < 4.78 is 60.1. The molecule has 1 heterocycles. The Morgan fingerprint density at radius 2 is 1.69 bits per heavy atom. The number of hydrogen-bond acceptors (Lipinski definition) is 3. The molecular weight excluding hydrogens is 344 g/mol. The molecule has 1 aromatic rings. The van der Waals surface area contributed by atoms with Gasteiger partial charge in [-0.3, -0.25) is 0 Å². The normalized spacial score (nSPS) is 19.8. The molecule has 0 amide bonds. The predicted molar refractivity (Wildman–Crippen MR) is 96.2 cm³/mol. The minimum absolute atomic E-state index is 0.0128. The number of halogens is 3. The van der Waals surface area contributed by atoms with Gasteiger partial charge >= 0.3 is 7.12 Å². The van der Waals surface area contributed by atoms with Crippen LogP contribution in [0.5, 0.6) is 0 Å². The highest BCUT2D eigenvalue weighted by Crippen LogP contribution is 2.41. The lowest BCUT2D eigenvalue weighted by Crippen LogP contribution is -2.41. The van der Waals surface area contributed by atoms with Crippen LogP contribution in [0.4, 0.5) is 13.2 Å². The van der Waals surface area contributed by atoms with Crippen LogP contribution >= 0.6 is 0 Å². The third-order valence-corrected chi connectivity index (χ3v) is 4.83. The highest BCUT2D eigenvalue weighted by Gasteiger charge is 2.53. The molecule has 0 spiro atoms. The zero-order chi connectivity index (χ0) is 19.7. The Morgan fingerprint density at radius 1 is 1.12 bits per heavy atom. The van der Waals surface area contributed by atoms with Gasteiger partial charge in [0.15, 0.2) is 11.6 Å². The Bertz CT molecular complexity index is 671. The maximum atomic E-state index is 15.3. The van der Waals surface area contributed by atoms with Crippen LogP contribution in [0.25, 0.3) is 5.57 Å². The van der Waals surface area contributed by atoms with Gasteiger partial charge in [-0.1, -0.05) is 12.1 Å². The second kappa shape index (κ2) is 7.75. The quantitative estimate of drug-likeness (QED) is 0.653. The standard InChI is InChI=1S/C19H26BF3O3/c1-12(2)24-11-10-14(13-8-7-9-15(21)16(13)22)17(23)20-25-18(3,4)19(5,6)26-20/h7-9,12H,10-11H2,1-6H3. The molecule has 7 heteroatoms. The first-order chi connectivity index (χ1) is 12.0. The number of benzene rings is 1. The minimum Gasteiger partial charge on any atom is -0.398 e. The van der Waals surface area contributed by atoms with E-state index in [2.05, 4.69) is 0 Å². The zero-order valence-electron chi connectivity index (χ0n) is 16.2. The van der Waals surface area contributed by atoms with Gasteiger partial charge in [-0.25, -0.2) is 13.2 Å². The summed E-state index contributed by atoms with van der Waals surface area (Å²) in [6, 6.07) is 3.68. The van der Waals surface area contributed by atoms with Crippen molar-refractivity contribution in [3.8, 4) is 0 Å². The van der Waals surface area contributed by atoms with E-state index in [1.807, 2.05) is 13.8 Å². The van der Waals surface area contributed by atoms with Crippen molar-refractivity contribution in [1.82, 2.24) is 0 Å². The van der Waals surface area contributed by atoms with Crippen molar-refractivity contribution in [2.24, 2.45) is 0 Å². The minimum atomic E-state index is -1.28. The van der Waals surface area contributed by atoms with Crippen molar-refractivity contribution in [2.75, 3.05) is 6.61 Å². The Labute approximate surface area is 153 Å². The molecule has 0 bridgehead atoms. The highest BCUT2D eigenvalue weighted by atomic mass is 19.2. The van der Waals surface area contributed by atoms with Crippen molar-refractivity contribution < 1.29 is 27.2 Å². The lowest BCUT2D eigenvalue weighted by Gasteiger charge is -2.32. The summed E-state index contributed by atoms with van der Waals surface area (Å²) in [5.41, 5.74) is -2.41. The van der Waals surface area contributed by atoms with Crippen molar-refractivity contribution in [3.63, 3.8) is 0 Å². The van der Waals surface area contributed by atoms with Crippen LogP contribution in [0, 0.1) is 11.6 Å². The van der Waals surface area contributed by atoms with E-state index in [1.165, 1.54) is 12.1 Å². The van der Waals surface area contributed by atoms with Gasteiger partial charge in [-0.2, -0.15) is 0 Å². The maximum absolute atomic E-state index is 15.3. The van der Waals surface area contributed by atoms with Gasteiger partial charge in [0.2, 0.25) is 0 Å². The molecule has 1 aliphatic rings. The van der Waals surface area contributed by atoms with E-state index in [-0.39, 0.29) is 30.3 Å². The van der Waals surface area contributed by atoms with Crippen LogP contribution in [0.1, 0.15) is 53.5 Å². The van der Waals surface area contributed by atoms with E-state index in [1.54, 1.807) is 27.7 Å². The molecule has 144 valence electrons. The molecule has 0 saturated carbocycles. The van der Waals surface area contributed by atoms with E-state index in [0.29, 0.717) is 0 Å². The van der Waals surface area contributed by atoms with Gasteiger partial charge in [0.25, 0.3) is 0 Å². The first kappa shape index (κ1) is 21.0. The molecule has 26 heavy (non-hydrogen) atoms. The number of rotatable bonds is 6. The first-order valence-electron chi connectivity index (χ1n) is 8.76.